The number of nitrogens with zero attached hydrogens (tertiary/aromatic N) is 2. The molecule has 0 N–H and O–H groups in total. The molecule has 1 amide bonds. The molecule has 0 saturated carbocycles. The summed E-state index contributed by atoms with van der Waals surface area (Å²) in [6.07, 6.45) is 1.79. The zero-order valence-electron chi connectivity index (χ0n) is 12.1. The van der Waals surface area contributed by atoms with E-state index in [1.54, 1.807) is 24.4 Å². The molecule has 0 atom stereocenters. The Morgan fingerprint density at radius 1 is 1.09 bits per heavy atom. The van der Waals surface area contributed by atoms with Crippen LogP contribution in [0.15, 0.2) is 42.6 Å². The Hall–Kier alpha value is -2.56. The van der Waals surface area contributed by atoms with Gasteiger partial charge in [-0.05, 0) is 30.3 Å². The maximum absolute atomic E-state index is 12.5. The van der Waals surface area contributed by atoms with Gasteiger partial charge in [0, 0.05) is 36.5 Å². The normalized spacial score (nSPS) is 17.0. The minimum absolute atomic E-state index is 0.0316. The van der Waals surface area contributed by atoms with Gasteiger partial charge in [-0.2, -0.15) is 0 Å². The molecule has 2 aliphatic heterocycles. The highest BCUT2D eigenvalue weighted by Crippen LogP contribution is 2.32. The molecule has 0 unspecified atom stereocenters. The average Bonchev–Trinajstić information content (AvgIpc) is 2.54. The predicted octanol–water partition coefficient (Wildman–Crippen LogP) is 2.09. The number of carbonyl (C=O) groups is 1. The third kappa shape index (κ3) is 2.28. The maximum Gasteiger partial charge on any atom is 0.254 e. The number of hydrogen-bond donors (Lipinski definition) is 0. The van der Waals surface area contributed by atoms with Crippen LogP contribution in [0.4, 0.5) is 0 Å². The first-order chi connectivity index (χ1) is 10.8. The number of ether oxygens (including phenoxy) is 2. The molecule has 0 aliphatic carbocycles. The van der Waals surface area contributed by atoms with Crippen LogP contribution in [0.5, 0.6) is 11.5 Å². The number of likely N-dealkylation sites (tertiary alicyclic amines) is 1. The Bertz CT molecular complexity index is 696. The summed E-state index contributed by atoms with van der Waals surface area (Å²) in [6.45, 7) is 2.50. The second-order valence-corrected chi connectivity index (χ2v) is 5.52. The van der Waals surface area contributed by atoms with Gasteiger partial charge in [-0.3, -0.25) is 9.78 Å². The highest BCUT2D eigenvalue weighted by molar-refractivity contribution is 5.95. The molecule has 2 aliphatic rings. The fourth-order valence-corrected chi connectivity index (χ4v) is 2.81. The SMILES string of the molecule is O=C(c1ccc2c(c1)OCCO2)N1CC(c2ccccn2)C1. The van der Waals surface area contributed by atoms with Crippen LogP contribution in [0.3, 0.4) is 0 Å². The summed E-state index contributed by atoms with van der Waals surface area (Å²) < 4.78 is 11.0. The van der Waals surface area contributed by atoms with Crippen molar-refractivity contribution in [3.05, 3.63) is 53.9 Å². The Balaban J connectivity index is 1.45. The third-order valence-electron chi connectivity index (χ3n) is 4.06. The fraction of sp³-hybridized carbons (Fsp3) is 0.294. The number of rotatable bonds is 2. The van der Waals surface area contributed by atoms with E-state index in [-0.39, 0.29) is 5.91 Å². The number of aromatic nitrogens is 1. The fourth-order valence-electron chi connectivity index (χ4n) is 2.81. The van der Waals surface area contributed by atoms with Crippen molar-refractivity contribution in [2.75, 3.05) is 26.3 Å². The number of carbonyl (C=O) groups excluding carboxylic acids is 1. The smallest absolute Gasteiger partial charge is 0.254 e. The van der Waals surface area contributed by atoms with Gasteiger partial charge in [0.15, 0.2) is 11.5 Å². The van der Waals surface area contributed by atoms with Crippen molar-refractivity contribution >= 4 is 5.91 Å². The molecular formula is C17H16N2O3. The van der Waals surface area contributed by atoms with E-state index in [1.807, 2.05) is 23.1 Å². The van der Waals surface area contributed by atoms with Crippen molar-refractivity contribution < 1.29 is 14.3 Å². The summed E-state index contributed by atoms with van der Waals surface area (Å²) in [6, 6.07) is 11.3. The minimum Gasteiger partial charge on any atom is -0.486 e. The van der Waals surface area contributed by atoms with E-state index in [1.165, 1.54) is 0 Å². The number of amides is 1. The molecule has 1 aromatic carbocycles. The van der Waals surface area contributed by atoms with Gasteiger partial charge >= 0.3 is 0 Å². The largest absolute Gasteiger partial charge is 0.486 e. The number of benzene rings is 1. The highest BCUT2D eigenvalue weighted by Gasteiger charge is 2.33. The second-order valence-electron chi connectivity index (χ2n) is 5.52. The van der Waals surface area contributed by atoms with Crippen LogP contribution in [0.2, 0.25) is 0 Å². The third-order valence-corrected chi connectivity index (χ3v) is 4.06. The monoisotopic (exact) mass is 296 g/mol. The van der Waals surface area contributed by atoms with Crippen LogP contribution < -0.4 is 9.47 Å². The number of hydrogen-bond acceptors (Lipinski definition) is 4. The lowest BCUT2D eigenvalue weighted by Gasteiger charge is -2.39. The van der Waals surface area contributed by atoms with Crippen molar-refractivity contribution in [1.82, 2.24) is 9.88 Å². The molecule has 4 rings (SSSR count). The molecule has 1 saturated heterocycles. The molecule has 3 heterocycles. The van der Waals surface area contributed by atoms with Crippen molar-refractivity contribution in [1.29, 1.82) is 0 Å². The molecule has 22 heavy (non-hydrogen) atoms. The minimum atomic E-state index is 0.0316. The Kier molecular flexibility index (Phi) is 3.18. The molecule has 1 fully saturated rings. The standard InChI is InChI=1S/C17H16N2O3/c20-17(12-4-5-15-16(9-12)22-8-7-21-15)19-10-13(11-19)14-3-1-2-6-18-14/h1-6,9,13H,7-8,10-11H2. The van der Waals surface area contributed by atoms with E-state index in [4.69, 9.17) is 9.47 Å². The van der Waals surface area contributed by atoms with Crippen LogP contribution in [-0.2, 0) is 0 Å². The van der Waals surface area contributed by atoms with Crippen molar-refractivity contribution in [3.63, 3.8) is 0 Å². The molecule has 112 valence electrons. The predicted molar refractivity (Wildman–Crippen MR) is 80.3 cm³/mol. The van der Waals surface area contributed by atoms with Gasteiger partial charge in [0.25, 0.3) is 5.91 Å². The lowest BCUT2D eigenvalue weighted by atomic mass is 9.94. The van der Waals surface area contributed by atoms with Gasteiger partial charge in [0.1, 0.15) is 13.2 Å². The van der Waals surface area contributed by atoms with E-state index in [0.29, 0.717) is 49.3 Å². The molecule has 0 radical (unpaired) electrons. The number of fused-ring (bicyclic) bond motifs is 1. The van der Waals surface area contributed by atoms with Gasteiger partial charge in [-0.25, -0.2) is 0 Å². The first-order valence-electron chi connectivity index (χ1n) is 7.41. The van der Waals surface area contributed by atoms with Crippen molar-refractivity contribution in [2.45, 2.75) is 5.92 Å². The highest BCUT2D eigenvalue weighted by atomic mass is 16.6. The summed E-state index contributed by atoms with van der Waals surface area (Å²) in [5, 5.41) is 0. The lowest BCUT2D eigenvalue weighted by molar-refractivity contribution is 0.0597. The zero-order valence-corrected chi connectivity index (χ0v) is 12.1. The van der Waals surface area contributed by atoms with Crippen LogP contribution in [-0.4, -0.2) is 42.1 Å². The quantitative estimate of drug-likeness (QED) is 0.851. The first-order valence-corrected chi connectivity index (χ1v) is 7.41. The van der Waals surface area contributed by atoms with E-state index in [2.05, 4.69) is 4.98 Å². The summed E-state index contributed by atoms with van der Waals surface area (Å²) >= 11 is 0. The van der Waals surface area contributed by atoms with Crippen LogP contribution in [0, 0.1) is 0 Å². The maximum atomic E-state index is 12.5. The Morgan fingerprint density at radius 2 is 1.91 bits per heavy atom. The second kappa shape index (κ2) is 5.33. The van der Waals surface area contributed by atoms with E-state index < -0.39 is 0 Å². The van der Waals surface area contributed by atoms with Gasteiger partial charge in [0.05, 0.1) is 0 Å². The molecule has 5 heteroatoms. The molecule has 1 aromatic heterocycles. The molecule has 0 spiro atoms. The van der Waals surface area contributed by atoms with Crippen LogP contribution in [0.25, 0.3) is 0 Å². The lowest BCUT2D eigenvalue weighted by Crippen LogP contribution is -2.48. The average molecular weight is 296 g/mol. The zero-order chi connectivity index (χ0) is 14.9. The van der Waals surface area contributed by atoms with Crippen LogP contribution in [0.1, 0.15) is 22.0 Å². The summed E-state index contributed by atoms with van der Waals surface area (Å²) in [5.74, 6) is 1.73. The Morgan fingerprint density at radius 3 is 2.68 bits per heavy atom. The summed E-state index contributed by atoms with van der Waals surface area (Å²) in [5.41, 5.74) is 1.69. The first kappa shape index (κ1) is 13.1. The summed E-state index contributed by atoms with van der Waals surface area (Å²) in [7, 11) is 0. The van der Waals surface area contributed by atoms with E-state index >= 15 is 0 Å². The topological polar surface area (TPSA) is 51.7 Å². The summed E-state index contributed by atoms with van der Waals surface area (Å²) in [4.78, 5) is 18.7. The Labute approximate surface area is 128 Å². The van der Waals surface area contributed by atoms with Gasteiger partial charge in [0.2, 0.25) is 0 Å². The van der Waals surface area contributed by atoms with Gasteiger partial charge in [-0.1, -0.05) is 6.07 Å². The van der Waals surface area contributed by atoms with E-state index in [0.717, 1.165) is 5.69 Å². The molecule has 0 bridgehead atoms. The van der Waals surface area contributed by atoms with Gasteiger partial charge < -0.3 is 14.4 Å². The number of pyridine rings is 1. The van der Waals surface area contributed by atoms with Crippen molar-refractivity contribution in [3.8, 4) is 11.5 Å². The molecular weight excluding hydrogens is 280 g/mol. The molecule has 2 aromatic rings. The van der Waals surface area contributed by atoms with Gasteiger partial charge in [-0.15, -0.1) is 0 Å². The van der Waals surface area contributed by atoms with Crippen LogP contribution >= 0.6 is 0 Å². The molecule has 5 nitrogen and oxygen atoms in total. The van der Waals surface area contributed by atoms with Crippen molar-refractivity contribution in [2.24, 2.45) is 0 Å². The van der Waals surface area contributed by atoms with E-state index in [9.17, 15) is 4.79 Å².